The number of carbonyl (C=O) groups excluding carboxylic acids is 1. The molecular formula is C32H35F3N6O2S. The second kappa shape index (κ2) is 10.9. The van der Waals surface area contributed by atoms with E-state index in [0.717, 1.165) is 24.4 Å². The van der Waals surface area contributed by atoms with Gasteiger partial charge in [-0.3, -0.25) is 5.32 Å². The molecule has 2 aromatic carbocycles. The molecule has 2 aliphatic rings. The molecule has 2 aliphatic heterocycles. The summed E-state index contributed by atoms with van der Waals surface area (Å²) in [6.07, 6.45) is -3.56. The highest BCUT2D eigenvalue weighted by atomic mass is 32.1. The number of nitrogens with zero attached hydrogens (tertiary/aromatic N) is 4. The number of hydrogen-bond donors (Lipinski definition) is 3. The molecule has 6 rings (SSSR count). The van der Waals surface area contributed by atoms with E-state index in [1.807, 2.05) is 19.1 Å². The Kier molecular flexibility index (Phi) is 7.48. The van der Waals surface area contributed by atoms with Gasteiger partial charge in [-0.25, -0.2) is 14.8 Å². The first-order valence-electron chi connectivity index (χ1n) is 14.6. The Labute approximate surface area is 257 Å². The fraction of sp³-hybridized carbons (Fsp3) is 0.406. The van der Waals surface area contributed by atoms with Crippen molar-refractivity contribution in [1.29, 1.82) is 0 Å². The number of thiazole rings is 1. The highest BCUT2D eigenvalue weighted by molar-refractivity contribution is 7.21. The third kappa shape index (κ3) is 5.80. The molecule has 0 saturated carbocycles. The van der Waals surface area contributed by atoms with Gasteiger partial charge in [-0.15, -0.1) is 0 Å². The van der Waals surface area contributed by atoms with Crippen molar-refractivity contribution in [2.45, 2.75) is 52.1 Å². The van der Waals surface area contributed by atoms with E-state index in [4.69, 9.17) is 0 Å². The number of phenolic OH excluding ortho intramolecular Hbond substituents is 1. The first-order valence-corrected chi connectivity index (χ1v) is 15.4. The van der Waals surface area contributed by atoms with Gasteiger partial charge in [0.2, 0.25) is 0 Å². The Balaban J connectivity index is 1.33. The molecule has 0 atom stereocenters. The van der Waals surface area contributed by atoms with E-state index in [9.17, 15) is 23.1 Å². The number of aromatic nitrogens is 2. The number of aromatic hydroxyl groups is 1. The van der Waals surface area contributed by atoms with Crippen molar-refractivity contribution in [2.24, 2.45) is 5.41 Å². The van der Waals surface area contributed by atoms with Crippen LogP contribution in [0.1, 0.15) is 50.4 Å². The van der Waals surface area contributed by atoms with E-state index in [1.165, 1.54) is 11.3 Å². The molecule has 0 radical (unpaired) electrons. The Morgan fingerprint density at radius 3 is 2.45 bits per heavy atom. The van der Waals surface area contributed by atoms with Crippen molar-refractivity contribution in [1.82, 2.24) is 14.9 Å². The van der Waals surface area contributed by atoms with Gasteiger partial charge in [-0.05, 0) is 80.2 Å². The predicted molar refractivity (Wildman–Crippen MR) is 168 cm³/mol. The van der Waals surface area contributed by atoms with Crippen LogP contribution in [-0.2, 0) is 11.6 Å². The Morgan fingerprint density at radius 2 is 1.75 bits per heavy atom. The Bertz CT molecular complexity index is 1720. The van der Waals surface area contributed by atoms with Crippen molar-refractivity contribution < 1.29 is 23.1 Å². The summed E-state index contributed by atoms with van der Waals surface area (Å²) in [4.78, 5) is 26.7. The maximum Gasteiger partial charge on any atom is 0.416 e. The maximum atomic E-state index is 14.5. The standard InChI is InChI=1S/C32H35F3N6O2S/c1-19-9-11-22-27(36-19)44-29(38-22)39-28(43)37-21-7-5-6-8-23(21)41-18-31(13-15-40(16-14-31)17-30(2,3)4)25-20(32(33,34)35)10-12-24(42)26(25)41/h5-12,42H,13-18H2,1-4H3,(H2,37,38,39,43). The van der Waals surface area contributed by atoms with Crippen LogP contribution in [0.4, 0.5) is 40.2 Å². The summed E-state index contributed by atoms with van der Waals surface area (Å²) in [7, 11) is 0. The van der Waals surface area contributed by atoms with Gasteiger partial charge < -0.3 is 20.2 Å². The zero-order valence-corrected chi connectivity index (χ0v) is 25.9. The quantitative estimate of drug-likeness (QED) is 0.214. The molecule has 44 heavy (non-hydrogen) atoms. The van der Waals surface area contributed by atoms with Gasteiger partial charge >= 0.3 is 12.2 Å². The van der Waals surface area contributed by atoms with Crippen LogP contribution < -0.4 is 15.5 Å². The summed E-state index contributed by atoms with van der Waals surface area (Å²) < 4.78 is 43.5. The number of halogens is 3. The van der Waals surface area contributed by atoms with Gasteiger partial charge in [0.05, 0.1) is 22.6 Å². The third-order valence-electron chi connectivity index (χ3n) is 8.29. The number of benzene rings is 2. The number of pyridine rings is 1. The molecule has 8 nitrogen and oxygen atoms in total. The van der Waals surface area contributed by atoms with E-state index in [2.05, 4.69) is 46.3 Å². The molecule has 12 heteroatoms. The third-order valence-corrected chi connectivity index (χ3v) is 9.17. The lowest BCUT2D eigenvalue weighted by Crippen LogP contribution is -2.47. The van der Waals surface area contributed by atoms with E-state index in [1.54, 1.807) is 29.2 Å². The van der Waals surface area contributed by atoms with Crippen LogP contribution in [0, 0.1) is 12.3 Å². The maximum absolute atomic E-state index is 14.5. The average Bonchev–Trinajstić information content (AvgIpc) is 3.48. The largest absolute Gasteiger partial charge is 0.506 e. The van der Waals surface area contributed by atoms with E-state index in [-0.39, 0.29) is 29.0 Å². The van der Waals surface area contributed by atoms with Crippen LogP contribution in [0.25, 0.3) is 10.3 Å². The van der Waals surface area contributed by atoms with Crippen molar-refractivity contribution in [2.75, 3.05) is 41.7 Å². The molecule has 4 heterocycles. The number of carbonyl (C=O) groups is 1. The molecule has 0 unspecified atom stereocenters. The van der Waals surface area contributed by atoms with Crippen LogP contribution in [0.15, 0.2) is 48.5 Å². The highest BCUT2D eigenvalue weighted by Crippen LogP contribution is 2.57. The fourth-order valence-electron chi connectivity index (χ4n) is 6.54. The molecule has 2 aromatic heterocycles. The molecular weight excluding hydrogens is 589 g/mol. The van der Waals surface area contributed by atoms with E-state index < -0.39 is 23.2 Å². The van der Waals surface area contributed by atoms with Crippen LogP contribution in [0.2, 0.25) is 0 Å². The topological polar surface area (TPSA) is 93.6 Å². The number of phenols is 1. The van der Waals surface area contributed by atoms with Crippen molar-refractivity contribution in [3.05, 3.63) is 65.4 Å². The molecule has 0 bridgehead atoms. The zero-order valence-electron chi connectivity index (χ0n) is 25.0. The second-order valence-electron chi connectivity index (χ2n) is 12.9. The molecule has 0 aliphatic carbocycles. The van der Waals surface area contributed by atoms with E-state index in [0.29, 0.717) is 52.8 Å². The van der Waals surface area contributed by atoms with Gasteiger partial charge in [0, 0.05) is 24.2 Å². The van der Waals surface area contributed by atoms with Crippen LogP contribution in [0.3, 0.4) is 0 Å². The molecule has 1 spiro atoms. The van der Waals surface area contributed by atoms with Gasteiger partial charge in [-0.2, -0.15) is 13.2 Å². The number of amides is 2. The lowest BCUT2D eigenvalue weighted by atomic mass is 9.72. The first kappa shape index (κ1) is 30.1. The number of piperidine rings is 1. The number of likely N-dealkylation sites (tertiary alicyclic amines) is 1. The summed E-state index contributed by atoms with van der Waals surface area (Å²) in [6.45, 7) is 10.7. The van der Waals surface area contributed by atoms with Gasteiger partial charge in [0.25, 0.3) is 0 Å². The lowest BCUT2D eigenvalue weighted by molar-refractivity contribution is -0.138. The summed E-state index contributed by atoms with van der Waals surface area (Å²) >= 11 is 1.25. The minimum absolute atomic E-state index is 0.0610. The molecule has 4 aromatic rings. The summed E-state index contributed by atoms with van der Waals surface area (Å²) in [6, 6.07) is 12.2. The molecule has 232 valence electrons. The Morgan fingerprint density at radius 1 is 1.02 bits per heavy atom. The zero-order chi connectivity index (χ0) is 31.4. The molecule has 1 fully saturated rings. The average molecular weight is 625 g/mol. The van der Waals surface area contributed by atoms with Crippen molar-refractivity contribution in [3.8, 4) is 5.75 Å². The summed E-state index contributed by atoms with van der Waals surface area (Å²) in [5, 5.41) is 17.1. The normalized spacial score (nSPS) is 16.8. The van der Waals surface area contributed by atoms with Gasteiger partial charge in [0.15, 0.2) is 5.13 Å². The highest BCUT2D eigenvalue weighted by Gasteiger charge is 2.52. The number of para-hydroxylation sites is 2. The van der Waals surface area contributed by atoms with E-state index >= 15 is 0 Å². The number of anilines is 4. The number of alkyl halides is 3. The Hall–Kier alpha value is -3.90. The number of hydrogen-bond acceptors (Lipinski definition) is 7. The second-order valence-corrected chi connectivity index (χ2v) is 13.9. The number of aryl methyl sites for hydroxylation is 1. The molecule has 1 saturated heterocycles. The smallest absolute Gasteiger partial charge is 0.416 e. The lowest BCUT2D eigenvalue weighted by Gasteiger charge is -2.42. The number of rotatable bonds is 4. The predicted octanol–water partition coefficient (Wildman–Crippen LogP) is 7.90. The van der Waals surface area contributed by atoms with Crippen molar-refractivity contribution >= 4 is 49.9 Å². The van der Waals surface area contributed by atoms with Crippen LogP contribution in [-0.4, -0.2) is 52.2 Å². The number of urea groups is 1. The van der Waals surface area contributed by atoms with Gasteiger partial charge in [-0.1, -0.05) is 44.2 Å². The minimum atomic E-state index is -4.59. The SMILES string of the molecule is Cc1ccc2nc(NC(=O)Nc3ccccc3N3CC4(CCN(CC(C)(C)C)CC4)c4c(C(F)(F)F)ccc(O)c43)sc2n1. The van der Waals surface area contributed by atoms with Crippen LogP contribution in [0.5, 0.6) is 5.75 Å². The van der Waals surface area contributed by atoms with Gasteiger partial charge in [0.1, 0.15) is 16.1 Å². The number of fused-ring (bicyclic) bond motifs is 3. The summed E-state index contributed by atoms with van der Waals surface area (Å²) in [5.74, 6) is -0.224. The first-order chi connectivity index (χ1) is 20.7. The number of nitrogens with one attached hydrogen (secondary N) is 2. The van der Waals surface area contributed by atoms with Crippen molar-refractivity contribution in [3.63, 3.8) is 0 Å². The minimum Gasteiger partial charge on any atom is -0.506 e. The molecule has 2 amide bonds. The fourth-order valence-corrected chi connectivity index (χ4v) is 7.42. The molecule has 3 N–H and O–H groups in total. The monoisotopic (exact) mass is 624 g/mol. The summed E-state index contributed by atoms with van der Waals surface area (Å²) in [5.41, 5.74) is 1.19. The van der Waals surface area contributed by atoms with Crippen LogP contribution >= 0.6 is 11.3 Å².